The number of carbonyl (C=O) groups excluding carboxylic acids is 1. The third kappa shape index (κ3) is 6.69. The fourth-order valence-corrected chi connectivity index (χ4v) is 5.95. The molecule has 2 amide bonds. The molecule has 4 heterocycles. The highest BCUT2D eigenvalue weighted by atomic mass is 16.5. The number of benzene rings is 2. The minimum absolute atomic E-state index is 0.134. The summed E-state index contributed by atoms with van der Waals surface area (Å²) >= 11 is 0. The number of phenolic OH excluding ortho intramolecular Hbond substituents is 1. The molecule has 1 atom stereocenters. The van der Waals surface area contributed by atoms with Crippen molar-refractivity contribution in [3.05, 3.63) is 77.0 Å². The van der Waals surface area contributed by atoms with Crippen molar-refractivity contribution in [3.63, 3.8) is 0 Å². The number of ether oxygens (including phenoxy) is 1. The van der Waals surface area contributed by atoms with Gasteiger partial charge in [0, 0.05) is 44.9 Å². The van der Waals surface area contributed by atoms with Crippen LogP contribution in [0.4, 0.5) is 4.79 Å². The molecule has 0 bridgehead atoms. The first-order chi connectivity index (χ1) is 21.8. The van der Waals surface area contributed by atoms with E-state index < -0.39 is 6.09 Å². The summed E-state index contributed by atoms with van der Waals surface area (Å²) < 4.78 is 7.96. The molecule has 0 aliphatic carbocycles. The summed E-state index contributed by atoms with van der Waals surface area (Å²) in [6.45, 7) is 2.49. The minimum atomic E-state index is -0.987. The van der Waals surface area contributed by atoms with Gasteiger partial charge in [0.05, 0.1) is 22.3 Å². The molecule has 0 spiro atoms. The average Bonchev–Trinajstić information content (AvgIpc) is 3.42. The summed E-state index contributed by atoms with van der Waals surface area (Å²) in [5.74, 6) is -0.0747. The largest absolute Gasteiger partial charge is 0.508 e. The zero-order chi connectivity index (χ0) is 31.5. The van der Waals surface area contributed by atoms with Crippen LogP contribution in [0.3, 0.4) is 0 Å². The van der Waals surface area contributed by atoms with E-state index in [0.717, 1.165) is 36.9 Å². The summed E-state index contributed by atoms with van der Waals surface area (Å²) in [6, 6.07) is 16.8. The molecule has 234 valence electrons. The maximum atomic E-state index is 14.3. The number of phenols is 1. The number of aromatic nitrogens is 3. The van der Waals surface area contributed by atoms with Gasteiger partial charge in [-0.05, 0) is 80.9 Å². The molecule has 2 N–H and O–H groups in total. The van der Waals surface area contributed by atoms with Gasteiger partial charge >= 0.3 is 6.09 Å². The number of amides is 2. The summed E-state index contributed by atoms with van der Waals surface area (Å²) in [5.41, 5.74) is 5.10. The van der Waals surface area contributed by atoms with Crippen LogP contribution in [-0.2, 0) is 11.3 Å². The molecule has 2 aromatic heterocycles. The second-order valence-corrected chi connectivity index (χ2v) is 11.8. The van der Waals surface area contributed by atoms with Gasteiger partial charge in [0.25, 0.3) is 5.91 Å². The van der Waals surface area contributed by atoms with Crippen LogP contribution in [0.1, 0.15) is 52.7 Å². The van der Waals surface area contributed by atoms with Crippen molar-refractivity contribution in [2.75, 3.05) is 46.9 Å². The van der Waals surface area contributed by atoms with Crippen molar-refractivity contribution >= 4 is 35.2 Å². The predicted molar refractivity (Wildman–Crippen MR) is 172 cm³/mol. The number of nitrogens with zero attached hydrogens (tertiary/aromatic N) is 6. The van der Waals surface area contributed by atoms with Gasteiger partial charge in [0.1, 0.15) is 5.75 Å². The number of hydrogen-bond donors (Lipinski definition) is 2. The number of rotatable bonds is 7. The normalized spacial score (nSPS) is 17.4. The maximum absolute atomic E-state index is 14.3. The number of carbonyl (C=O) groups is 2. The molecular weight excluding hydrogens is 572 g/mol. The maximum Gasteiger partial charge on any atom is 0.407 e. The molecule has 2 aromatic carbocycles. The molecule has 2 aliphatic rings. The third-order valence-electron chi connectivity index (χ3n) is 8.23. The molecule has 2 fully saturated rings. The van der Waals surface area contributed by atoms with Crippen molar-refractivity contribution in [1.29, 1.82) is 0 Å². The van der Waals surface area contributed by atoms with E-state index in [1.54, 1.807) is 39.9 Å². The third-order valence-corrected chi connectivity index (χ3v) is 8.23. The Hall–Kier alpha value is -4.74. The SMILES string of the molecule is CN(C)Cc1cccc(C=Cc2nn(C3CCCCO3)c3nc(-c4ccc(O)cc4)cc(C(=O)N4CCN(C(=O)O)CC4)c23)c1. The van der Waals surface area contributed by atoms with Crippen LogP contribution in [0.15, 0.2) is 54.6 Å². The highest BCUT2D eigenvalue weighted by molar-refractivity contribution is 6.09. The van der Waals surface area contributed by atoms with Crippen LogP contribution in [0, 0.1) is 0 Å². The molecule has 1 unspecified atom stereocenters. The second-order valence-electron chi connectivity index (χ2n) is 11.8. The van der Waals surface area contributed by atoms with Gasteiger partial charge in [-0.1, -0.05) is 30.3 Å². The molecule has 11 nitrogen and oxygen atoms in total. The van der Waals surface area contributed by atoms with Gasteiger partial charge in [0.15, 0.2) is 11.9 Å². The zero-order valence-corrected chi connectivity index (χ0v) is 25.6. The Morgan fingerprint density at radius 1 is 1.00 bits per heavy atom. The first kappa shape index (κ1) is 30.3. The van der Waals surface area contributed by atoms with Gasteiger partial charge in [-0.25, -0.2) is 14.5 Å². The molecule has 11 heteroatoms. The molecule has 0 saturated carbocycles. The van der Waals surface area contributed by atoms with E-state index in [-0.39, 0.29) is 44.1 Å². The van der Waals surface area contributed by atoms with Crippen molar-refractivity contribution < 1.29 is 24.5 Å². The standard InChI is InChI=1S/C34H38N6O5/c1-37(2)22-24-7-5-6-23(20-24)9-14-28-31-27(33(42)38-15-17-39(18-16-38)34(43)44)21-29(25-10-12-26(41)13-11-25)35-32(31)40(36-28)30-8-3-4-19-45-30/h5-7,9-14,20-21,30,41H,3-4,8,15-19,22H2,1-2H3,(H,43,44). The Morgan fingerprint density at radius 3 is 2.44 bits per heavy atom. The molecule has 2 saturated heterocycles. The van der Waals surface area contributed by atoms with Crippen LogP contribution in [0.5, 0.6) is 5.75 Å². The monoisotopic (exact) mass is 610 g/mol. The molecule has 4 aromatic rings. The molecule has 0 radical (unpaired) electrons. The molecular formula is C34H38N6O5. The predicted octanol–water partition coefficient (Wildman–Crippen LogP) is 5.17. The number of pyridine rings is 1. The van der Waals surface area contributed by atoms with E-state index in [2.05, 4.69) is 17.0 Å². The first-order valence-corrected chi connectivity index (χ1v) is 15.3. The summed E-state index contributed by atoms with van der Waals surface area (Å²) in [5, 5.41) is 25.0. The van der Waals surface area contributed by atoms with Crippen LogP contribution < -0.4 is 0 Å². The summed E-state index contributed by atoms with van der Waals surface area (Å²) in [4.78, 5) is 36.0. The Balaban J connectivity index is 1.49. The Kier molecular flexibility index (Phi) is 8.81. The molecule has 2 aliphatic heterocycles. The van der Waals surface area contributed by atoms with E-state index in [1.807, 2.05) is 38.4 Å². The van der Waals surface area contributed by atoms with E-state index in [4.69, 9.17) is 14.8 Å². The average molecular weight is 611 g/mol. The van der Waals surface area contributed by atoms with Crippen molar-refractivity contribution in [1.82, 2.24) is 29.5 Å². The first-order valence-electron chi connectivity index (χ1n) is 15.3. The number of hydrogen-bond acceptors (Lipinski definition) is 7. The second kappa shape index (κ2) is 13.1. The molecule has 45 heavy (non-hydrogen) atoms. The topological polar surface area (TPSA) is 124 Å². The zero-order valence-electron chi connectivity index (χ0n) is 25.6. The minimum Gasteiger partial charge on any atom is -0.508 e. The quantitative estimate of drug-likeness (QED) is 0.294. The van der Waals surface area contributed by atoms with Gasteiger partial charge < -0.3 is 29.6 Å². The lowest BCUT2D eigenvalue weighted by molar-refractivity contribution is -0.0370. The van der Waals surface area contributed by atoms with Crippen LogP contribution in [0.25, 0.3) is 34.4 Å². The lowest BCUT2D eigenvalue weighted by atomic mass is 10.0. The van der Waals surface area contributed by atoms with E-state index in [9.17, 15) is 19.8 Å². The lowest BCUT2D eigenvalue weighted by Crippen LogP contribution is -2.50. The highest BCUT2D eigenvalue weighted by Crippen LogP contribution is 2.34. The summed E-state index contributed by atoms with van der Waals surface area (Å²) in [6.07, 6.45) is 5.36. The van der Waals surface area contributed by atoms with Crippen LogP contribution >= 0.6 is 0 Å². The highest BCUT2D eigenvalue weighted by Gasteiger charge is 2.30. The van der Waals surface area contributed by atoms with Gasteiger partial charge in [-0.2, -0.15) is 5.10 Å². The Morgan fingerprint density at radius 2 is 1.76 bits per heavy atom. The summed E-state index contributed by atoms with van der Waals surface area (Å²) in [7, 11) is 4.07. The number of carboxylic acid groups (broad SMARTS) is 1. The van der Waals surface area contributed by atoms with Gasteiger partial charge in [0.2, 0.25) is 0 Å². The molecule has 6 rings (SSSR count). The Bertz CT molecular complexity index is 1720. The number of fused-ring (bicyclic) bond motifs is 1. The van der Waals surface area contributed by atoms with E-state index in [1.165, 1.54) is 10.5 Å². The van der Waals surface area contributed by atoms with E-state index >= 15 is 0 Å². The lowest BCUT2D eigenvalue weighted by Gasteiger charge is -2.33. The van der Waals surface area contributed by atoms with Crippen LogP contribution in [0.2, 0.25) is 0 Å². The van der Waals surface area contributed by atoms with E-state index in [0.29, 0.717) is 34.6 Å². The number of piperazine rings is 1. The fourth-order valence-electron chi connectivity index (χ4n) is 5.95. The van der Waals surface area contributed by atoms with Gasteiger partial charge in [-0.3, -0.25) is 4.79 Å². The fraction of sp³-hybridized carbons (Fsp3) is 0.353. The number of aromatic hydroxyl groups is 1. The smallest absolute Gasteiger partial charge is 0.407 e. The van der Waals surface area contributed by atoms with Crippen molar-refractivity contribution in [2.24, 2.45) is 0 Å². The van der Waals surface area contributed by atoms with Crippen molar-refractivity contribution in [3.8, 4) is 17.0 Å². The van der Waals surface area contributed by atoms with Crippen LogP contribution in [-0.4, -0.2) is 98.6 Å². The Labute approximate surface area is 261 Å². The van der Waals surface area contributed by atoms with Gasteiger partial charge in [-0.15, -0.1) is 0 Å². The van der Waals surface area contributed by atoms with Crippen molar-refractivity contribution in [2.45, 2.75) is 32.0 Å².